The average molecular weight is 368 g/mol. The van der Waals surface area contributed by atoms with E-state index in [2.05, 4.69) is 0 Å². The third-order valence-electron chi connectivity index (χ3n) is 4.53. The number of benzene rings is 2. The van der Waals surface area contributed by atoms with Gasteiger partial charge >= 0.3 is 0 Å². The molecule has 0 radical (unpaired) electrons. The molecular formula is C17H18ClNO4S. The van der Waals surface area contributed by atoms with Gasteiger partial charge in [0.25, 0.3) is 0 Å². The fourth-order valence-electron chi connectivity index (χ4n) is 3.15. The summed E-state index contributed by atoms with van der Waals surface area (Å²) in [5.74, 6) is 0.192. The highest BCUT2D eigenvalue weighted by atomic mass is 35.5. The molecular weight excluding hydrogens is 350 g/mol. The monoisotopic (exact) mass is 367 g/mol. The molecule has 7 heteroatoms. The van der Waals surface area contributed by atoms with Gasteiger partial charge in [-0.25, -0.2) is 8.42 Å². The van der Waals surface area contributed by atoms with Gasteiger partial charge in [0.05, 0.1) is 29.4 Å². The first-order chi connectivity index (χ1) is 11.3. The van der Waals surface area contributed by atoms with Crippen LogP contribution in [-0.4, -0.2) is 38.0 Å². The van der Waals surface area contributed by atoms with Crippen molar-refractivity contribution >= 4 is 21.4 Å². The maximum absolute atomic E-state index is 12.9. The largest absolute Gasteiger partial charge is 0.497 e. The van der Waals surface area contributed by atoms with Crippen LogP contribution in [0.4, 0.5) is 0 Å². The van der Waals surface area contributed by atoms with Crippen LogP contribution in [-0.2, 0) is 9.84 Å². The minimum atomic E-state index is -3.69. The summed E-state index contributed by atoms with van der Waals surface area (Å²) in [6.07, 6.45) is 0. The Kier molecular flexibility index (Phi) is 4.34. The van der Waals surface area contributed by atoms with Gasteiger partial charge in [0, 0.05) is 10.9 Å². The second kappa shape index (κ2) is 6.04. The standard InChI is InChI=1S/C17H18ClNO4S/c1-23-13-6-2-11(3-7-13)15-16(17(15,19)10-20)24(21,22)14-8-4-12(18)5-9-14/h2-9,15-16,20H,10,19H2,1H3/t15-,16+,17+/m1/s1. The van der Waals surface area contributed by atoms with Crippen LogP contribution >= 0.6 is 11.6 Å². The molecule has 5 nitrogen and oxygen atoms in total. The summed E-state index contributed by atoms with van der Waals surface area (Å²) < 4.78 is 31.0. The van der Waals surface area contributed by atoms with Gasteiger partial charge in [0.2, 0.25) is 0 Å². The lowest BCUT2D eigenvalue weighted by Crippen LogP contribution is -2.35. The van der Waals surface area contributed by atoms with Crippen molar-refractivity contribution in [1.82, 2.24) is 0 Å². The second-order valence-corrected chi connectivity index (χ2v) is 8.45. The minimum absolute atomic E-state index is 0.149. The first-order valence-electron chi connectivity index (χ1n) is 7.38. The molecule has 0 aliphatic heterocycles. The van der Waals surface area contributed by atoms with E-state index in [1.54, 1.807) is 31.4 Å². The third-order valence-corrected chi connectivity index (χ3v) is 7.09. The summed E-state index contributed by atoms with van der Waals surface area (Å²) in [6.45, 7) is -0.415. The molecule has 0 spiro atoms. The Labute approximate surface area is 145 Å². The molecule has 1 aliphatic carbocycles. The lowest BCUT2D eigenvalue weighted by Gasteiger charge is -2.08. The van der Waals surface area contributed by atoms with Gasteiger partial charge in [0.1, 0.15) is 5.75 Å². The maximum atomic E-state index is 12.9. The predicted molar refractivity (Wildman–Crippen MR) is 92.2 cm³/mol. The Balaban J connectivity index is 1.98. The zero-order valence-electron chi connectivity index (χ0n) is 13.0. The lowest BCUT2D eigenvalue weighted by molar-refractivity contribution is 0.253. The number of sulfone groups is 1. The predicted octanol–water partition coefficient (Wildman–Crippen LogP) is 1.98. The van der Waals surface area contributed by atoms with Gasteiger partial charge in [-0.15, -0.1) is 0 Å². The summed E-state index contributed by atoms with van der Waals surface area (Å²) in [7, 11) is -2.13. The highest BCUT2D eigenvalue weighted by Crippen LogP contribution is 2.55. The van der Waals surface area contributed by atoms with Crippen molar-refractivity contribution in [2.75, 3.05) is 13.7 Å². The molecule has 1 fully saturated rings. The molecule has 0 heterocycles. The van der Waals surface area contributed by atoms with Gasteiger partial charge < -0.3 is 15.6 Å². The van der Waals surface area contributed by atoms with E-state index in [1.165, 1.54) is 24.3 Å². The van der Waals surface area contributed by atoms with E-state index in [0.29, 0.717) is 10.8 Å². The summed E-state index contributed by atoms with van der Waals surface area (Å²) in [6, 6.07) is 13.0. The number of rotatable bonds is 5. The molecule has 0 unspecified atom stereocenters. The van der Waals surface area contributed by atoms with E-state index in [1.807, 2.05) is 0 Å². The average Bonchev–Trinajstić information content (AvgIpc) is 3.23. The Bertz CT molecular complexity index is 836. The molecule has 0 bridgehead atoms. The normalized spacial score (nSPS) is 26.2. The van der Waals surface area contributed by atoms with E-state index >= 15 is 0 Å². The van der Waals surface area contributed by atoms with Crippen molar-refractivity contribution in [2.45, 2.75) is 21.6 Å². The van der Waals surface area contributed by atoms with Crippen molar-refractivity contribution in [1.29, 1.82) is 0 Å². The van der Waals surface area contributed by atoms with Gasteiger partial charge in [-0.3, -0.25) is 0 Å². The van der Waals surface area contributed by atoms with Gasteiger partial charge in [-0.1, -0.05) is 23.7 Å². The number of hydrogen-bond acceptors (Lipinski definition) is 5. The third kappa shape index (κ3) is 2.69. The molecule has 1 saturated carbocycles. The lowest BCUT2D eigenvalue weighted by atomic mass is 10.1. The molecule has 3 rings (SSSR count). The van der Waals surface area contributed by atoms with E-state index in [9.17, 15) is 13.5 Å². The van der Waals surface area contributed by atoms with E-state index in [-0.39, 0.29) is 4.90 Å². The van der Waals surface area contributed by atoms with Gasteiger partial charge in [0.15, 0.2) is 9.84 Å². The topological polar surface area (TPSA) is 89.6 Å². The van der Waals surface area contributed by atoms with E-state index < -0.39 is 33.2 Å². The van der Waals surface area contributed by atoms with Crippen molar-refractivity contribution in [3.63, 3.8) is 0 Å². The van der Waals surface area contributed by atoms with Crippen LogP contribution in [0.1, 0.15) is 11.5 Å². The summed E-state index contributed by atoms with van der Waals surface area (Å²) in [5, 5.41) is 9.26. The van der Waals surface area contributed by atoms with Crippen molar-refractivity contribution in [3.8, 4) is 5.75 Å². The van der Waals surface area contributed by atoms with Crippen molar-refractivity contribution in [3.05, 3.63) is 59.1 Å². The number of hydrogen-bond donors (Lipinski definition) is 2. The summed E-state index contributed by atoms with van der Waals surface area (Å²) in [4.78, 5) is 0.149. The van der Waals surface area contributed by atoms with Gasteiger partial charge in [-0.05, 0) is 42.0 Å². The van der Waals surface area contributed by atoms with Crippen LogP contribution in [0.5, 0.6) is 5.75 Å². The molecule has 1 aliphatic rings. The second-order valence-electron chi connectivity index (χ2n) is 5.94. The number of aliphatic hydroxyl groups excluding tert-OH is 1. The fraction of sp³-hybridized carbons (Fsp3) is 0.294. The van der Waals surface area contributed by atoms with E-state index in [0.717, 1.165) is 5.56 Å². The molecule has 3 atom stereocenters. The summed E-state index contributed by atoms with van der Waals surface area (Å²) in [5.41, 5.74) is 5.76. The Morgan fingerprint density at radius 3 is 2.25 bits per heavy atom. The van der Waals surface area contributed by atoms with Crippen molar-refractivity contribution < 1.29 is 18.3 Å². The maximum Gasteiger partial charge on any atom is 0.183 e. The number of methoxy groups -OCH3 is 1. The first-order valence-corrected chi connectivity index (χ1v) is 9.30. The smallest absolute Gasteiger partial charge is 0.183 e. The SMILES string of the molecule is COc1ccc([C@@H]2[C@H](S(=O)(=O)c3ccc(Cl)cc3)[C@]2(N)CO)cc1. The summed E-state index contributed by atoms with van der Waals surface area (Å²) >= 11 is 5.82. The highest BCUT2D eigenvalue weighted by Gasteiger charge is 2.69. The zero-order chi connectivity index (χ0) is 17.5. The molecule has 0 amide bonds. The molecule has 2 aromatic rings. The fourth-order valence-corrected chi connectivity index (χ4v) is 5.57. The van der Waals surface area contributed by atoms with Gasteiger partial charge in [-0.2, -0.15) is 0 Å². The number of aliphatic hydroxyl groups is 1. The van der Waals surface area contributed by atoms with Crippen LogP contribution in [0.3, 0.4) is 0 Å². The van der Waals surface area contributed by atoms with Crippen LogP contribution in [0.25, 0.3) is 0 Å². The molecule has 2 aromatic carbocycles. The molecule has 0 saturated heterocycles. The Morgan fingerprint density at radius 2 is 1.75 bits per heavy atom. The minimum Gasteiger partial charge on any atom is -0.497 e. The van der Waals surface area contributed by atoms with Crippen LogP contribution < -0.4 is 10.5 Å². The highest BCUT2D eigenvalue weighted by molar-refractivity contribution is 7.92. The number of ether oxygens (including phenoxy) is 1. The zero-order valence-corrected chi connectivity index (χ0v) is 14.6. The van der Waals surface area contributed by atoms with E-state index in [4.69, 9.17) is 22.1 Å². The Hall–Kier alpha value is -1.60. The molecule has 128 valence electrons. The number of nitrogens with two attached hydrogens (primary N) is 1. The van der Waals surface area contributed by atoms with Crippen LogP contribution in [0.2, 0.25) is 5.02 Å². The first kappa shape index (κ1) is 17.2. The molecule has 0 aromatic heterocycles. The molecule has 24 heavy (non-hydrogen) atoms. The van der Waals surface area contributed by atoms with Crippen molar-refractivity contribution in [2.24, 2.45) is 5.73 Å². The number of halogens is 1. The molecule has 3 N–H and O–H groups in total. The van der Waals surface area contributed by atoms with Crippen LogP contribution in [0, 0.1) is 0 Å². The van der Waals surface area contributed by atoms with Crippen LogP contribution in [0.15, 0.2) is 53.4 Å². The Morgan fingerprint density at radius 1 is 1.17 bits per heavy atom. The quantitative estimate of drug-likeness (QED) is 0.843.